The summed E-state index contributed by atoms with van der Waals surface area (Å²) in [6, 6.07) is 8.46. The van der Waals surface area contributed by atoms with Crippen LogP contribution in [0.2, 0.25) is 0 Å². The molecule has 8 heteroatoms. The van der Waals surface area contributed by atoms with Gasteiger partial charge in [-0.2, -0.15) is 5.26 Å². The van der Waals surface area contributed by atoms with E-state index in [-0.39, 0.29) is 0 Å². The monoisotopic (exact) mass is 384 g/mol. The highest BCUT2D eigenvalue weighted by Gasteiger charge is 2.52. The number of nitrogens with zero attached hydrogens (tertiary/aromatic N) is 2. The van der Waals surface area contributed by atoms with Crippen LogP contribution in [0.25, 0.3) is 0 Å². The average Bonchev–Trinajstić information content (AvgIpc) is 3.27. The van der Waals surface area contributed by atoms with Gasteiger partial charge in [0.05, 0.1) is 13.2 Å². The number of carbonyl (C=O) groups is 3. The van der Waals surface area contributed by atoms with Crippen LogP contribution in [0.4, 0.5) is 4.79 Å². The highest BCUT2D eigenvalue weighted by molar-refractivity contribution is 6.09. The molecule has 4 amide bonds. The van der Waals surface area contributed by atoms with Crippen LogP contribution >= 0.6 is 0 Å². The highest BCUT2D eigenvalue weighted by atomic mass is 16.5. The fourth-order valence-electron chi connectivity index (χ4n) is 3.98. The summed E-state index contributed by atoms with van der Waals surface area (Å²) in [5.41, 5.74) is -1.49. The van der Waals surface area contributed by atoms with Crippen LogP contribution in [0.15, 0.2) is 24.3 Å². The SMILES string of the molecule is CCC1(c2ccc(OC)cc2)NC(=O)N(CC(=O)NC2(C#N)CCCC2)C1=O. The maximum Gasteiger partial charge on any atom is 0.325 e. The van der Waals surface area contributed by atoms with Gasteiger partial charge >= 0.3 is 6.03 Å². The first-order valence-electron chi connectivity index (χ1n) is 9.40. The van der Waals surface area contributed by atoms with Gasteiger partial charge in [0.2, 0.25) is 5.91 Å². The number of nitriles is 1. The third kappa shape index (κ3) is 3.28. The van der Waals surface area contributed by atoms with Crippen molar-refractivity contribution >= 4 is 17.8 Å². The number of urea groups is 1. The van der Waals surface area contributed by atoms with Gasteiger partial charge in [-0.25, -0.2) is 4.79 Å². The van der Waals surface area contributed by atoms with Crippen LogP contribution in [0.1, 0.15) is 44.6 Å². The number of rotatable bonds is 6. The van der Waals surface area contributed by atoms with E-state index in [4.69, 9.17) is 4.74 Å². The molecule has 1 aliphatic heterocycles. The van der Waals surface area contributed by atoms with Crippen LogP contribution in [0.3, 0.4) is 0 Å². The van der Waals surface area contributed by atoms with Gasteiger partial charge in [-0.1, -0.05) is 19.1 Å². The molecule has 0 radical (unpaired) electrons. The maximum absolute atomic E-state index is 13.1. The lowest BCUT2D eigenvalue weighted by Gasteiger charge is -2.26. The zero-order valence-electron chi connectivity index (χ0n) is 16.1. The third-order valence-electron chi connectivity index (χ3n) is 5.64. The van der Waals surface area contributed by atoms with Gasteiger partial charge in [-0.05, 0) is 49.8 Å². The van der Waals surface area contributed by atoms with Crippen molar-refractivity contribution in [3.63, 3.8) is 0 Å². The number of amides is 4. The van der Waals surface area contributed by atoms with E-state index in [1.807, 2.05) is 0 Å². The van der Waals surface area contributed by atoms with Crippen LogP contribution in [-0.4, -0.2) is 41.9 Å². The molecule has 1 saturated heterocycles. The summed E-state index contributed by atoms with van der Waals surface area (Å²) >= 11 is 0. The number of hydrogen-bond acceptors (Lipinski definition) is 5. The van der Waals surface area contributed by atoms with Crippen molar-refractivity contribution in [2.45, 2.75) is 50.1 Å². The third-order valence-corrected chi connectivity index (χ3v) is 5.64. The Balaban J connectivity index is 1.78. The van der Waals surface area contributed by atoms with Crippen LogP contribution in [0.5, 0.6) is 5.75 Å². The Morgan fingerprint density at radius 3 is 2.46 bits per heavy atom. The van der Waals surface area contributed by atoms with Crippen LogP contribution in [0, 0.1) is 11.3 Å². The molecule has 0 spiro atoms. The number of imide groups is 1. The summed E-state index contributed by atoms with van der Waals surface area (Å²) in [4.78, 5) is 39.0. The van der Waals surface area contributed by atoms with E-state index < -0.39 is 35.5 Å². The van der Waals surface area contributed by atoms with E-state index >= 15 is 0 Å². The zero-order valence-corrected chi connectivity index (χ0v) is 16.1. The molecule has 1 heterocycles. The van der Waals surface area contributed by atoms with Crippen molar-refractivity contribution in [1.29, 1.82) is 5.26 Å². The van der Waals surface area contributed by atoms with Gasteiger partial charge in [0.25, 0.3) is 5.91 Å². The van der Waals surface area contributed by atoms with Gasteiger partial charge in [0, 0.05) is 0 Å². The molecule has 0 aromatic heterocycles. The number of ether oxygens (including phenoxy) is 1. The minimum absolute atomic E-state index is 0.337. The molecule has 2 aliphatic rings. The smallest absolute Gasteiger partial charge is 0.325 e. The lowest BCUT2D eigenvalue weighted by atomic mass is 9.87. The number of methoxy groups -OCH3 is 1. The van der Waals surface area contributed by atoms with Gasteiger partial charge in [0.15, 0.2) is 0 Å². The summed E-state index contributed by atoms with van der Waals surface area (Å²) in [5, 5.41) is 14.9. The van der Waals surface area contributed by atoms with Crippen molar-refractivity contribution in [1.82, 2.24) is 15.5 Å². The second-order valence-corrected chi connectivity index (χ2v) is 7.26. The van der Waals surface area contributed by atoms with Gasteiger partial charge in [0.1, 0.15) is 23.4 Å². The van der Waals surface area contributed by atoms with Gasteiger partial charge in [-0.15, -0.1) is 0 Å². The number of nitrogens with one attached hydrogen (secondary N) is 2. The average molecular weight is 384 g/mol. The fraction of sp³-hybridized carbons (Fsp3) is 0.500. The van der Waals surface area contributed by atoms with Crippen molar-refractivity contribution in [3.8, 4) is 11.8 Å². The lowest BCUT2D eigenvalue weighted by molar-refractivity contribution is -0.135. The summed E-state index contributed by atoms with van der Waals surface area (Å²) in [7, 11) is 1.55. The first-order chi connectivity index (χ1) is 13.4. The minimum Gasteiger partial charge on any atom is -0.497 e. The predicted octanol–water partition coefficient (Wildman–Crippen LogP) is 1.80. The number of carbonyl (C=O) groups excluding carboxylic acids is 3. The molecule has 1 saturated carbocycles. The maximum atomic E-state index is 13.1. The molecule has 28 heavy (non-hydrogen) atoms. The molecule has 1 aliphatic carbocycles. The predicted molar refractivity (Wildman–Crippen MR) is 100 cm³/mol. The highest BCUT2D eigenvalue weighted by Crippen LogP contribution is 2.33. The van der Waals surface area contributed by atoms with E-state index in [0.29, 0.717) is 30.6 Å². The van der Waals surface area contributed by atoms with E-state index in [9.17, 15) is 19.6 Å². The summed E-state index contributed by atoms with van der Waals surface area (Å²) < 4.78 is 5.14. The van der Waals surface area contributed by atoms with E-state index in [1.165, 1.54) is 0 Å². The Hall–Kier alpha value is -3.08. The van der Waals surface area contributed by atoms with Crippen molar-refractivity contribution in [3.05, 3.63) is 29.8 Å². The molecule has 1 unspecified atom stereocenters. The minimum atomic E-state index is -1.22. The summed E-state index contributed by atoms with van der Waals surface area (Å²) in [6.07, 6.45) is 3.24. The quantitative estimate of drug-likeness (QED) is 0.727. The lowest BCUT2D eigenvalue weighted by Crippen LogP contribution is -2.50. The first-order valence-corrected chi connectivity index (χ1v) is 9.40. The molecule has 8 nitrogen and oxygen atoms in total. The summed E-state index contributed by atoms with van der Waals surface area (Å²) in [5.74, 6) is -0.340. The second kappa shape index (κ2) is 7.50. The van der Waals surface area contributed by atoms with Crippen molar-refractivity contribution in [2.24, 2.45) is 0 Å². The molecule has 2 fully saturated rings. The first kappa shape index (κ1) is 19.7. The molecule has 2 N–H and O–H groups in total. The Labute approximate surface area is 163 Å². The van der Waals surface area contributed by atoms with Crippen molar-refractivity contribution in [2.75, 3.05) is 13.7 Å². The summed E-state index contributed by atoms with van der Waals surface area (Å²) in [6.45, 7) is 1.39. The molecule has 3 rings (SSSR count). The van der Waals surface area contributed by atoms with Gasteiger partial charge < -0.3 is 15.4 Å². The van der Waals surface area contributed by atoms with Crippen LogP contribution in [-0.2, 0) is 15.1 Å². The molecule has 148 valence electrons. The Bertz CT molecular complexity index is 824. The zero-order chi connectivity index (χ0) is 20.4. The molecule has 0 bridgehead atoms. The standard InChI is InChI=1S/C20H24N4O4/c1-3-20(14-6-8-15(28-2)9-7-14)17(26)24(18(27)23-20)12-16(25)22-19(13-21)10-4-5-11-19/h6-9H,3-5,10-12H2,1-2H3,(H,22,25)(H,23,27). The van der Waals surface area contributed by atoms with Gasteiger partial charge in [-0.3, -0.25) is 14.5 Å². The number of benzene rings is 1. The molecule has 1 aromatic rings. The second-order valence-electron chi connectivity index (χ2n) is 7.26. The molecule has 1 atom stereocenters. The largest absolute Gasteiger partial charge is 0.497 e. The fourth-order valence-corrected chi connectivity index (χ4v) is 3.98. The normalized spacial score (nSPS) is 23.2. The molecule has 1 aromatic carbocycles. The van der Waals surface area contributed by atoms with Crippen molar-refractivity contribution < 1.29 is 19.1 Å². The number of hydrogen-bond donors (Lipinski definition) is 2. The van der Waals surface area contributed by atoms with Crippen LogP contribution < -0.4 is 15.4 Å². The Kier molecular flexibility index (Phi) is 5.27. The Morgan fingerprint density at radius 2 is 1.93 bits per heavy atom. The van der Waals surface area contributed by atoms with E-state index in [1.54, 1.807) is 38.3 Å². The molecular formula is C20H24N4O4. The molecular weight excluding hydrogens is 360 g/mol. The Morgan fingerprint density at radius 1 is 1.29 bits per heavy atom. The van der Waals surface area contributed by atoms with E-state index in [0.717, 1.165) is 17.7 Å². The van der Waals surface area contributed by atoms with E-state index in [2.05, 4.69) is 16.7 Å². The topological polar surface area (TPSA) is 112 Å².